The van der Waals surface area contributed by atoms with Crippen LogP contribution in [0.3, 0.4) is 0 Å². The molecule has 0 spiro atoms. The second-order valence-electron chi connectivity index (χ2n) is 9.16. The van der Waals surface area contributed by atoms with Gasteiger partial charge in [-0.05, 0) is 51.4 Å². The molecular weight excluding hydrogens is 436 g/mol. The van der Waals surface area contributed by atoms with Crippen LogP contribution in [0.4, 0.5) is 0 Å². The number of allylic oxidation sites excluding steroid dienone is 2. The van der Waals surface area contributed by atoms with Gasteiger partial charge in [0.2, 0.25) is 0 Å². The van der Waals surface area contributed by atoms with Gasteiger partial charge in [-0.2, -0.15) is 0 Å². The van der Waals surface area contributed by atoms with Crippen LogP contribution in [0, 0.1) is 11.8 Å². The van der Waals surface area contributed by atoms with Crippen LogP contribution in [-0.4, -0.2) is 34.1 Å². The van der Waals surface area contributed by atoms with Crippen LogP contribution in [0.1, 0.15) is 64.9 Å². The van der Waals surface area contributed by atoms with Crippen LogP contribution in [0.25, 0.3) is 0 Å². The van der Waals surface area contributed by atoms with Gasteiger partial charge in [-0.1, -0.05) is 26.0 Å². The Balaban J connectivity index is 1.78. The molecule has 0 radical (unpaired) electrons. The molecule has 0 saturated carbocycles. The minimum Gasteiger partial charge on any atom is -0.459 e. The molecule has 3 heterocycles. The molecule has 8 nitrogen and oxygen atoms in total. The van der Waals surface area contributed by atoms with Gasteiger partial charge in [0.1, 0.15) is 23.7 Å². The minimum atomic E-state index is -0.362. The van der Waals surface area contributed by atoms with Crippen LogP contribution < -0.4 is 0 Å². The number of ether oxygens (including phenoxy) is 2. The van der Waals surface area contributed by atoms with Gasteiger partial charge in [-0.3, -0.25) is 0 Å². The number of hydrogen-bond acceptors (Lipinski definition) is 8. The van der Waals surface area contributed by atoms with Crippen molar-refractivity contribution in [2.75, 3.05) is 0 Å². The van der Waals surface area contributed by atoms with Crippen molar-refractivity contribution in [3.63, 3.8) is 0 Å². The standard InChI is InChI=1S/C26H34N2O6/c1-17-8-9-21(11-22-13-27-15-31-22)33-25(29)19(3)7-5-6-18(2)24(12-23-14-28-16-32-23)34-26(30)20(4)10-17/h7,10,13-18,21,24H,5-6,8-9,11-12H2,1-4H3/t17-,18+,21-,24+/m1/s1. The van der Waals surface area contributed by atoms with Crippen LogP contribution in [0.5, 0.6) is 0 Å². The highest BCUT2D eigenvalue weighted by atomic mass is 16.5. The molecule has 0 aromatic carbocycles. The smallest absolute Gasteiger partial charge is 0.333 e. The van der Waals surface area contributed by atoms with E-state index >= 15 is 0 Å². The zero-order chi connectivity index (χ0) is 24.5. The molecule has 184 valence electrons. The fraction of sp³-hybridized carbons (Fsp3) is 0.538. The monoisotopic (exact) mass is 470 g/mol. The zero-order valence-corrected chi connectivity index (χ0v) is 20.4. The molecular formula is C26H34N2O6. The molecule has 1 aliphatic heterocycles. The summed E-state index contributed by atoms with van der Waals surface area (Å²) in [5.74, 6) is 0.829. The van der Waals surface area contributed by atoms with E-state index in [1.165, 1.54) is 12.8 Å². The Morgan fingerprint density at radius 1 is 0.853 bits per heavy atom. The summed E-state index contributed by atoms with van der Waals surface area (Å²) in [6, 6.07) is 0. The number of rotatable bonds is 4. The lowest BCUT2D eigenvalue weighted by atomic mass is 9.94. The first-order chi connectivity index (χ1) is 16.3. The van der Waals surface area contributed by atoms with Crippen molar-refractivity contribution in [1.82, 2.24) is 9.97 Å². The molecule has 3 rings (SSSR count). The highest BCUT2D eigenvalue weighted by Gasteiger charge is 2.25. The summed E-state index contributed by atoms with van der Waals surface area (Å²) < 4.78 is 22.5. The van der Waals surface area contributed by atoms with E-state index in [-0.39, 0.29) is 36.0 Å². The third-order valence-corrected chi connectivity index (χ3v) is 6.16. The fourth-order valence-electron chi connectivity index (χ4n) is 4.00. The lowest BCUT2D eigenvalue weighted by Gasteiger charge is -2.24. The van der Waals surface area contributed by atoms with E-state index in [1.807, 2.05) is 26.0 Å². The Kier molecular flexibility index (Phi) is 9.24. The summed E-state index contributed by atoms with van der Waals surface area (Å²) in [5, 5.41) is 0. The Morgan fingerprint density at radius 3 is 2.15 bits per heavy atom. The molecule has 0 aliphatic carbocycles. The van der Waals surface area contributed by atoms with Crippen LogP contribution >= 0.6 is 0 Å². The van der Waals surface area contributed by atoms with Crippen LogP contribution in [-0.2, 0) is 31.9 Å². The maximum atomic E-state index is 12.9. The maximum absolute atomic E-state index is 12.9. The largest absolute Gasteiger partial charge is 0.459 e. The van der Waals surface area contributed by atoms with Crippen molar-refractivity contribution in [3.05, 3.63) is 60.0 Å². The molecule has 0 bridgehead atoms. The summed E-state index contributed by atoms with van der Waals surface area (Å²) in [7, 11) is 0. The molecule has 0 amide bonds. The first kappa shape index (κ1) is 25.5. The van der Waals surface area contributed by atoms with E-state index in [2.05, 4.69) is 9.97 Å². The van der Waals surface area contributed by atoms with Crippen molar-refractivity contribution in [2.24, 2.45) is 11.8 Å². The summed E-state index contributed by atoms with van der Waals surface area (Å²) >= 11 is 0. The summed E-state index contributed by atoms with van der Waals surface area (Å²) in [6.45, 7) is 7.61. The van der Waals surface area contributed by atoms with Crippen molar-refractivity contribution < 1.29 is 27.9 Å². The first-order valence-electron chi connectivity index (χ1n) is 11.8. The van der Waals surface area contributed by atoms with Gasteiger partial charge in [0.15, 0.2) is 12.8 Å². The summed E-state index contributed by atoms with van der Waals surface area (Å²) in [5.41, 5.74) is 1.13. The quantitative estimate of drug-likeness (QED) is 0.574. The molecule has 4 atom stereocenters. The van der Waals surface area contributed by atoms with Crippen LogP contribution in [0.2, 0.25) is 0 Å². The van der Waals surface area contributed by atoms with E-state index in [9.17, 15) is 9.59 Å². The Hall–Kier alpha value is -3.16. The lowest BCUT2D eigenvalue weighted by molar-refractivity contribution is -0.147. The Labute approximate surface area is 200 Å². The summed E-state index contributed by atoms with van der Waals surface area (Å²) in [4.78, 5) is 33.5. The van der Waals surface area contributed by atoms with Gasteiger partial charge < -0.3 is 18.3 Å². The highest BCUT2D eigenvalue weighted by Crippen LogP contribution is 2.23. The number of hydrogen-bond donors (Lipinski definition) is 0. The molecule has 0 saturated heterocycles. The number of cyclic esters (lactones) is 2. The molecule has 2 aromatic rings. The van der Waals surface area contributed by atoms with Gasteiger partial charge in [0.05, 0.1) is 12.4 Å². The average molecular weight is 471 g/mol. The van der Waals surface area contributed by atoms with E-state index in [0.717, 1.165) is 12.8 Å². The Bertz CT molecular complexity index is 977. The highest BCUT2D eigenvalue weighted by molar-refractivity contribution is 5.88. The number of carbonyl (C=O) groups excluding carboxylic acids is 2. The number of nitrogens with zero attached hydrogens (tertiary/aromatic N) is 2. The summed E-state index contributed by atoms with van der Waals surface area (Å²) in [6.07, 6.45) is 12.8. The van der Waals surface area contributed by atoms with E-state index < -0.39 is 0 Å². The van der Waals surface area contributed by atoms with Crippen molar-refractivity contribution in [3.8, 4) is 0 Å². The van der Waals surface area contributed by atoms with Crippen molar-refractivity contribution in [2.45, 2.75) is 78.4 Å². The molecule has 8 heteroatoms. The first-order valence-corrected chi connectivity index (χ1v) is 11.8. The fourth-order valence-corrected chi connectivity index (χ4v) is 4.00. The normalized spacial score (nSPS) is 25.8. The third-order valence-electron chi connectivity index (χ3n) is 6.16. The van der Waals surface area contributed by atoms with E-state index in [0.29, 0.717) is 48.3 Å². The molecule has 0 unspecified atom stereocenters. The molecule has 1 aliphatic rings. The van der Waals surface area contributed by atoms with E-state index in [4.69, 9.17) is 18.3 Å². The SMILES string of the molecule is CC1=CCC[C@H](C)[C@H](Cc2cnco2)OC(=O)C(C)=C[C@H](C)CC[C@H](Cc2cnco2)OC1=O. The second-order valence-corrected chi connectivity index (χ2v) is 9.16. The van der Waals surface area contributed by atoms with Gasteiger partial charge >= 0.3 is 11.9 Å². The minimum absolute atomic E-state index is 0.0476. The van der Waals surface area contributed by atoms with Gasteiger partial charge in [-0.15, -0.1) is 0 Å². The topological polar surface area (TPSA) is 105 Å². The van der Waals surface area contributed by atoms with Gasteiger partial charge in [0.25, 0.3) is 0 Å². The van der Waals surface area contributed by atoms with Crippen molar-refractivity contribution >= 4 is 11.9 Å². The van der Waals surface area contributed by atoms with E-state index in [1.54, 1.807) is 26.2 Å². The molecule has 2 aromatic heterocycles. The molecule has 0 fully saturated rings. The predicted octanol–water partition coefficient (Wildman–Crippen LogP) is 5.01. The van der Waals surface area contributed by atoms with Gasteiger partial charge in [-0.25, -0.2) is 19.6 Å². The number of carbonyl (C=O) groups is 2. The number of oxazole rings is 2. The zero-order valence-electron chi connectivity index (χ0n) is 20.4. The van der Waals surface area contributed by atoms with Crippen LogP contribution in [0.15, 0.2) is 57.3 Å². The number of esters is 2. The van der Waals surface area contributed by atoms with Crippen molar-refractivity contribution in [1.29, 1.82) is 0 Å². The predicted molar refractivity (Wildman–Crippen MR) is 124 cm³/mol. The maximum Gasteiger partial charge on any atom is 0.333 e. The van der Waals surface area contributed by atoms with Gasteiger partial charge in [0, 0.05) is 24.0 Å². The average Bonchev–Trinajstić information content (AvgIpc) is 3.50. The Morgan fingerprint density at radius 2 is 1.50 bits per heavy atom. The second kappa shape index (κ2) is 12.3. The lowest BCUT2D eigenvalue weighted by Crippen LogP contribution is -2.28. The molecule has 0 N–H and O–H groups in total. The number of aromatic nitrogens is 2. The molecule has 34 heavy (non-hydrogen) atoms. The third kappa shape index (κ3) is 7.71.